The van der Waals surface area contributed by atoms with E-state index in [4.69, 9.17) is 17.0 Å². The molecule has 132 valence electrons. The molecule has 0 bridgehead atoms. The molecule has 6 heteroatoms. The SMILES string of the molecule is CC(C)COc1ccc(C(=O)NC(=S)N2CCCCCC2)cc1Br. The zero-order valence-corrected chi connectivity index (χ0v) is 16.7. The average molecular weight is 413 g/mol. The van der Waals surface area contributed by atoms with E-state index < -0.39 is 0 Å². The fourth-order valence-electron chi connectivity index (χ4n) is 2.54. The normalized spacial score (nSPS) is 15.1. The van der Waals surface area contributed by atoms with Crippen LogP contribution < -0.4 is 10.1 Å². The number of carbonyl (C=O) groups is 1. The molecule has 1 fully saturated rings. The van der Waals surface area contributed by atoms with E-state index in [-0.39, 0.29) is 5.91 Å². The van der Waals surface area contributed by atoms with Gasteiger partial charge in [-0.05, 0) is 65.1 Å². The van der Waals surface area contributed by atoms with Crippen LogP contribution in [0.25, 0.3) is 0 Å². The van der Waals surface area contributed by atoms with Gasteiger partial charge in [-0.1, -0.05) is 26.7 Å². The van der Waals surface area contributed by atoms with E-state index in [9.17, 15) is 4.79 Å². The standard InChI is InChI=1S/C18H25BrN2O2S/c1-13(2)12-23-16-8-7-14(11-15(16)19)17(22)20-18(24)21-9-5-3-4-6-10-21/h7-8,11,13H,3-6,9-10,12H2,1-2H3,(H,20,22,24). The highest BCUT2D eigenvalue weighted by Gasteiger charge is 2.16. The van der Waals surface area contributed by atoms with E-state index in [0.29, 0.717) is 23.2 Å². The predicted molar refractivity (Wildman–Crippen MR) is 105 cm³/mol. The number of hydrogen-bond acceptors (Lipinski definition) is 3. The Labute approximate surface area is 158 Å². The smallest absolute Gasteiger partial charge is 0.257 e. The highest BCUT2D eigenvalue weighted by atomic mass is 79.9. The summed E-state index contributed by atoms with van der Waals surface area (Å²) in [6.07, 6.45) is 4.72. The minimum atomic E-state index is -0.180. The van der Waals surface area contributed by atoms with Crippen molar-refractivity contribution in [3.05, 3.63) is 28.2 Å². The molecule has 1 aromatic rings. The largest absolute Gasteiger partial charge is 0.492 e. The van der Waals surface area contributed by atoms with Crippen LogP contribution in [0.2, 0.25) is 0 Å². The molecule has 1 heterocycles. The summed E-state index contributed by atoms with van der Waals surface area (Å²) in [5.74, 6) is 1.02. The molecule has 0 aliphatic carbocycles. The molecule has 0 atom stereocenters. The number of thiocarbonyl (C=S) groups is 1. The maximum atomic E-state index is 12.4. The first-order valence-corrected chi connectivity index (χ1v) is 9.70. The molecule has 0 aromatic heterocycles. The monoisotopic (exact) mass is 412 g/mol. The molecule has 24 heavy (non-hydrogen) atoms. The van der Waals surface area contributed by atoms with Gasteiger partial charge in [0.25, 0.3) is 5.91 Å². The second-order valence-electron chi connectivity index (χ2n) is 6.51. The van der Waals surface area contributed by atoms with Crippen LogP contribution in [0.15, 0.2) is 22.7 Å². The summed E-state index contributed by atoms with van der Waals surface area (Å²) in [4.78, 5) is 14.5. The third-order valence-electron chi connectivity index (χ3n) is 3.88. The first-order chi connectivity index (χ1) is 11.5. The number of rotatable bonds is 4. The number of hydrogen-bond donors (Lipinski definition) is 1. The van der Waals surface area contributed by atoms with Gasteiger partial charge in [-0.3, -0.25) is 10.1 Å². The third-order valence-corrected chi connectivity index (χ3v) is 4.86. The van der Waals surface area contributed by atoms with Crippen molar-refractivity contribution in [2.75, 3.05) is 19.7 Å². The van der Waals surface area contributed by atoms with Crippen LogP contribution in [0.5, 0.6) is 5.75 Å². The molecule has 1 N–H and O–H groups in total. The molecule has 1 aliphatic heterocycles. The van der Waals surface area contributed by atoms with Gasteiger partial charge in [-0.2, -0.15) is 0 Å². The Hall–Kier alpha value is -1.14. The molecule has 4 nitrogen and oxygen atoms in total. The first-order valence-electron chi connectivity index (χ1n) is 8.50. The zero-order chi connectivity index (χ0) is 17.5. The Kier molecular flexibility index (Phi) is 7.49. The maximum Gasteiger partial charge on any atom is 0.257 e. The van der Waals surface area contributed by atoms with Crippen LogP contribution in [0, 0.1) is 5.92 Å². The molecular formula is C18H25BrN2O2S. The lowest BCUT2D eigenvalue weighted by Gasteiger charge is -2.23. The van der Waals surface area contributed by atoms with Gasteiger partial charge >= 0.3 is 0 Å². The number of amides is 1. The number of benzene rings is 1. The summed E-state index contributed by atoms with van der Waals surface area (Å²) < 4.78 is 6.49. The van der Waals surface area contributed by atoms with Crippen molar-refractivity contribution in [1.29, 1.82) is 0 Å². The molecule has 1 aromatic carbocycles. The first kappa shape index (κ1) is 19.2. The van der Waals surface area contributed by atoms with Crippen molar-refractivity contribution in [2.24, 2.45) is 5.92 Å². The Morgan fingerprint density at radius 2 is 1.96 bits per heavy atom. The van der Waals surface area contributed by atoms with Gasteiger partial charge in [0.15, 0.2) is 5.11 Å². The van der Waals surface area contributed by atoms with Crippen molar-refractivity contribution in [2.45, 2.75) is 39.5 Å². The summed E-state index contributed by atoms with van der Waals surface area (Å²) in [7, 11) is 0. The van der Waals surface area contributed by atoms with Crippen LogP contribution in [-0.2, 0) is 0 Å². The Bertz CT molecular complexity index is 584. The minimum absolute atomic E-state index is 0.180. The van der Waals surface area contributed by atoms with Gasteiger partial charge in [0.1, 0.15) is 5.75 Å². The molecule has 1 saturated heterocycles. The summed E-state index contributed by atoms with van der Waals surface area (Å²) in [6.45, 7) is 6.68. The van der Waals surface area contributed by atoms with E-state index in [2.05, 4.69) is 40.0 Å². The van der Waals surface area contributed by atoms with Crippen molar-refractivity contribution >= 4 is 39.2 Å². The molecule has 0 spiro atoms. The van der Waals surface area contributed by atoms with E-state index in [1.54, 1.807) is 12.1 Å². The van der Waals surface area contributed by atoms with Gasteiger partial charge in [-0.15, -0.1) is 0 Å². The van der Waals surface area contributed by atoms with Crippen LogP contribution in [-0.4, -0.2) is 35.6 Å². The fourth-order valence-corrected chi connectivity index (χ4v) is 3.31. The van der Waals surface area contributed by atoms with Crippen LogP contribution in [0.1, 0.15) is 49.9 Å². The number of likely N-dealkylation sites (tertiary alicyclic amines) is 1. The minimum Gasteiger partial charge on any atom is -0.492 e. The van der Waals surface area contributed by atoms with E-state index >= 15 is 0 Å². The zero-order valence-electron chi connectivity index (χ0n) is 14.3. The molecule has 0 unspecified atom stereocenters. The quantitative estimate of drug-likeness (QED) is 0.745. The van der Waals surface area contributed by atoms with Gasteiger partial charge in [0.2, 0.25) is 0 Å². The summed E-state index contributed by atoms with van der Waals surface area (Å²) >= 11 is 8.87. The Morgan fingerprint density at radius 3 is 2.54 bits per heavy atom. The van der Waals surface area contributed by atoms with Crippen molar-refractivity contribution in [3.8, 4) is 5.75 Å². The number of nitrogens with one attached hydrogen (secondary N) is 1. The summed E-state index contributed by atoms with van der Waals surface area (Å²) in [5, 5.41) is 3.37. The van der Waals surface area contributed by atoms with E-state index in [0.717, 1.165) is 36.2 Å². The Balaban J connectivity index is 1.96. The topological polar surface area (TPSA) is 41.6 Å². The van der Waals surface area contributed by atoms with Crippen LogP contribution in [0.4, 0.5) is 0 Å². The molecule has 1 aliphatic rings. The highest BCUT2D eigenvalue weighted by molar-refractivity contribution is 9.10. The van der Waals surface area contributed by atoms with Gasteiger partial charge in [0.05, 0.1) is 11.1 Å². The molecular weight excluding hydrogens is 388 g/mol. The number of ether oxygens (including phenoxy) is 1. The molecule has 1 amide bonds. The van der Waals surface area contributed by atoms with E-state index in [1.807, 2.05) is 6.07 Å². The van der Waals surface area contributed by atoms with E-state index in [1.165, 1.54) is 12.8 Å². The lowest BCUT2D eigenvalue weighted by atomic mass is 10.2. The fraction of sp³-hybridized carbons (Fsp3) is 0.556. The number of nitrogens with zero attached hydrogens (tertiary/aromatic N) is 1. The molecule has 0 saturated carbocycles. The van der Waals surface area contributed by atoms with Crippen LogP contribution in [0.3, 0.4) is 0 Å². The summed E-state index contributed by atoms with van der Waals surface area (Å²) in [5.41, 5.74) is 0.566. The molecule has 2 rings (SSSR count). The summed E-state index contributed by atoms with van der Waals surface area (Å²) in [6, 6.07) is 5.35. The van der Waals surface area contributed by atoms with Crippen molar-refractivity contribution < 1.29 is 9.53 Å². The van der Waals surface area contributed by atoms with Crippen molar-refractivity contribution in [3.63, 3.8) is 0 Å². The third kappa shape index (κ3) is 5.74. The second kappa shape index (κ2) is 9.37. The number of halogens is 1. The van der Waals surface area contributed by atoms with Crippen LogP contribution >= 0.6 is 28.1 Å². The van der Waals surface area contributed by atoms with Crippen molar-refractivity contribution in [1.82, 2.24) is 10.2 Å². The van der Waals surface area contributed by atoms with Gasteiger partial charge in [0, 0.05) is 18.7 Å². The lowest BCUT2D eigenvalue weighted by molar-refractivity contribution is 0.0973. The Morgan fingerprint density at radius 1 is 1.29 bits per heavy atom. The highest BCUT2D eigenvalue weighted by Crippen LogP contribution is 2.26. The average Bonchev–Trinajstić information content (AvgIpc) is 2.82. The number of carbonyl (C=O) groups excluding carboxylic acids is 1. The van der Waals surface area contributed by atoms with Gasteiger partial charge < -0.3 is 9.64 Å². The molecule has 0 radical (unpaired) electrons. The maximum absolute atomic E-state index is 12.4. The lowest BCUT2D eigenvalue weighted by Crippen LogP contribution is -2.43. The second-order valence-corrected chi connectivity index (χ2v) is 7.75. The predicted octanol–water partition coefficient (Wildman–Crippen LogP) is 4.37. The van der Waals surface area contributed by atoms with Gasteiger partial charge in [-0.25, -0.2) is 0 Å².